The van der Waals surface area contributed by atoms with Gasteiger partial charge in [-0.25, -0.2) is 4.98 Å². The lowest BCUT2D eigenvalue weighted by molar-refractivity contribution is 1.11. The number of nitrogens with zero attached hydrogens (tertiary/aromatic N) is 2. The van der Waals surface area contributed by atoms with Gasteiger partial charge in [0.2, 0.25) is 0 Å². The zero-order valence-corrected chi connectivity index (χ0v) is 8.01. The van der Waals surface area contributed by atoms with Gasteiger partial charge in [-0.15, -0.1) is 0 Å². The van der Waals surface area contributed by atoms with E-state index in [9.17, 15) is 0 Å². The van der Waals surface area contributed by atoms with Crippen molar-refractivity contribution in [1.82, 2.24) is 15.2 Å². The molecular formula is C7H7BrN4. The van der Waals surface area contributed by atoms with E-state index >= 15 is 0 Å². The molecule has 0 unspecified atom stereocenters. The summed E-state index contributed by atoms with van der Waals surface area (Å²) < 4.78 is 0.813. The highest BCUT2D eigenvalue weighted by Crippen LogP contribution is 2.21. The lowest BCUT2D eigenvalue weighted by Gasteiger charge is -1.93. The summed E-state index contributed by atoms with van der Waals surface area (Å²) in [6, 6.07) is 1.92. The fourth-order valence-corrected chi connectivity index (χ4v) is 1.41. The number of aromatic amines is 1. The number of anilines is 1. The van der Waals surface area contributed by atoms with Crippen molar-refractivity contribution in [3.63, 3.8) is 0 Å². The van der Waals surface area contributed by atoms with E-state index < -0.39 is 0 Å². The zero-order valence-electron chi connectivity index (χ0n) is 6.43. The van der Waals surface area contributed by atoms with Crippen LogP contribution in [0.4, 0.5) is 5.82 Å². The van der Waals surface area contributed by atoms with Crippen molar-refractivity contribution in [2.75, 3.05) is 12.4 Å². The fraction of sp³-hybridized carbons (Fsp3) is 0.143. The van der Waals surface area contributed by atoms with Crippen LogP contribution in [-0.2, 0) is 0 Å². The van der Waals surface area contributed by atoms with Crippen molar-refractivity contribution in [3.05, 3.63) is 16.9 Å². The molecule has 12 heavy (non-hydrogen) atoms. The van der Waals surface area contributed by atoms with Crippen LogP contribution in [-0.4, -0.2) is 22.2 Å². The molecule has 0 saturated heterocycles. The normalized spacial score (nSPS) is 10.5. The molecule has 4 nitrogen and oxygen atoms in total. The van der Waals surface area contributed by atoms with E-state index in [1.807, 2.05) is 13.1 Å². The summed E-state index contributed by atoms with van der Waals surface area (Å²) in [5.41, 5.74) is 0.933. The van der Waals surface area contributed by atoms with E-state index in [0.717, 1.165) is 21.3 Å². The van der Waals surface area contributed by atoms with Gasteiger partial charge in [0, 0.05) is 12.4 Å². The maximum Gasteiger partial charge on any atom is 0.155 e. The summed E-state index contributed by atoms with van der Waals surface area (Å²) in [5.74, 6) is 0.841. The Labute approximate surface area is 77.5 Å². The highest BCUT2D eigenvalue weighted by atomic mass is 79.9. The van der Waals surface area contributed by atoms with E-state index in [4.69, 9.17) is 0 Å². The first-order chi connectivity index (χ1) is 5.81. The minimum Gasteiger partial charge on any atom is -0.371 e. The summed E-state index contributed by atoms with van der Waals surface area (Å²) in [7, 11) is 1.84. The van der Waals surface area contributed by atoms with Crippen LogP contribution >= 0.6 is 15.9 Å². The monoisotopic (exact) mass is 226 g/mol. The SMILES string of the molecule is CNc1n[nH]c2cnc(Br)cc12. The Bertz CT molecular complexity index is 409. The van der Waals surface area contributed by atoms with Crippen LogP contribution in [0.3, 0.4) is 0 Å². The molecule has 0 radical (unpaired) electrons. The van der Waals surface area contributed by atoms with Crippen LogP contribution in [0.5, 0.6) is 0 Å². The van der Waals surface area contributed by atoms with Gasteiger partial charge < -0.3 is 5.32 Å². The molecule has 2 heterocycles. The van der Waals surface area contributed by atoms with Gasteiger partial charge in [0.25, 0.3) is 0 Å². The molecule has 0 amide bonds. The molecule has 0 spiro atoms. The molecule has 0 fully saturated rings. The summed E-state index contributed by atoms with van der Waals surface area (Å²) in [6.07, 6.45) is 1.74. The second kappa shape index (κ2) is 2.75. The minimum absolute atomic E-state index is 0.813. The minimum atomic E-state index is 0.813. The van der Waals surface area contributed by atoms with Gasteiger partial charge in [0.1, 0.15) is 4.60 Å². The number of fused-ring (bicyclic) bond motifs is 1. The summed E-state index contributed by atoms with van der Waals surface area (Å²) in [6.45, 7) is 0. The molecule has 5 heteroatoms. The van der Waals surface area contributed by atoms with Crippen molar-refractivity contribution in [2.45, 2.75) is 0 Å². The van der Waals surface area contributed by atoms with Gasteiger partial charge in [-0.1, -0.05) is 0 Å². The van der Waals surface area contributed by atoms with Gasteiger partial charge in [-0.3, -0.25) is 5.10 Å². The van der Waals surface area contributed by atoms with Crippen LogP contribution in [0, 0.1) is 0 Å². The highest BCUT2D eigenvalue weighted by molar-refractivity contribution is 9.10. The Balaban J connectivity index is 2.75. The smallest absolute Gasteiger partial charge is 0.155 e. The molecule has 2 rings (SSSR count). The molecule has 2 N–H and O–H groups in total. The number of hydrogen-bond acceptors (Lipinski definition) is 3. The molecule has 2 aromatic heterocycles. The Morgan fingerprint density at radius 1 is 1.58 bits per heavy atom. The van der Waals surface area contributed by atoms with E-state index in [1.54, 1.807) is 6.20 Å². The van der Waals surface area contributed by atoms with Gasteiger partial charge in [0.15, 0.2) is 5.82 Å². The number of aromatic nitrogens is 3. The van der Waals surface area contributed by atoms with Crippen LogP contribution in [0.1, 0.15) is 0 Å². The second-order valence-electron chi connectivity index (χ2n) is 2.37. The Hall–Kier alpha value is -1.10. The molecule has 0 aliphatic carbocycles. The summed E-state index contributed by atoms with van der Waals surface area (Å²) in [4.78, 5) is 4.07. The molecule has 0 bridgehead atoms. The van der Waals surface area contributed by atoms with Crippen LogP contribution in [0.15, 0.2) is 16.9 Å². The predicted octanol–water partition coefficient (Wildman–Crippen LogP) is 1.76. The second-order valence-corrected chi connectivity index (χ2v) is 3.19. The van der Waals surface area contributed by atoms with Gasteiger partial charge in [-0.2, -0.15) is 5.10 Å². The van der Waals surface area contributed by atoms with E-state index in [-0.39, 0.29) is 0 Å². The number of hydrogen-bond donors (Lipinski definition) is 2. The van der Waals surface area contributed by atoms with E-state index in [0.29, 0.717) is 0 Å². The molecule has 0 saturated carbocycles. The molecule has 0 aliphatic rings. The standard InChI is InChI=1S/C7H7BrN4/c1-9-7-4-2-6(8)10-3-5(4)11-12-7/h2-3H,1H3,(H2,9,11,12). The quantitative estimate of drug-likeness (QED) is 0.730. The van der Waals surface area contributed by atoms with Gasteiger partial charge in [0.05, 0.1) is 11.7 Å². The molecular weight excluding hydrogens is 220 g/mol. The molecule has 0 aromatic carbocycles. The van der Waals surface area contributed by atoms with Crippen molar-refractivity contribution < 1.29 is 0 Å². The van der Waals surface area contributed by atoms with Gasteiger partial charge >= 0.3 is 0 Å². The van der Waals surface area contributed by atoms with Crippen molar-refractivity contribution in [1.29, 1.82) is 0 Å². The van der Waals surface area contributed by atoms with E-state index in [2.05, 4.69) is 36.4 Å². The van der Waals surface area contributed by atoms with Crippen molar-refractivity contribution in [2.24, 2.45) is 0 Å². The molecule has 0 atom stereocenters. The first-order valence-electron chi connectivity index (χ1n) is 3.48. The molecule has 62 valence electrons. The fourth-order valence-electron chi connectivity index (χ4n) is 1.08. The number of halogens is 1. The number of H-pyrrole nitrogens is 1. The third-order valence-electron chi connectivity index (χ3n) is 1.65. The summed E-state index contributed by atoms with van der Waals surface area (Å²) in [5, 5.41) is 11.0. The van der Waals surface area contributed by atoms with Crippen LogP contribution in [0.25, 0.3) is 10.9 Å². The maximum atomic E-state index is 4.07. The average Bonchev–Trinajstić information content (AvgIpc) is 2.46. The van der Waals surface area contributed by atoms with Crippen molar-refractivity contribution in [3.8, 4) is 0 Å². The predicted molar refractivity (Wildman–Crippen MR) is 51.1 cm³/mol. The van der Waals surface area contributed by atoms with Crippen molar-refractivity contribution >= 4 is 32.7 Å². The Morgan fingerprint density at radius 3 is 3.17 bits per heavy atom. The first kappa shape index (κ1) is 7.54. The zero-order chi connectivity index (χ0) is 8.55. The summed E-state index contributed by atoms with van der Waals surface area (Å²) >= 11 is 3.30. The van der Waals surface area contributed by atoms with E-state index in [1.165, 1.54) is 0 Å². The molecule has 0 aliphatic heterocycles. The van der Waals surface area contributed by atoms with Crippen LogP contribution in [0.2, 0.25) is 0 Å². The third kappa shape index (κ3) is 1.06. The first-order valence-corrected chi connectivity index (χ1v) is 4.28. The highest BCUT2D eigenvalue weighted by Gasteiger charge is 2.03. The Morgan fingerprint density at radius 2 is 2.42 bits per heavy atom. The number of pyridine rings is 1. The lowest BCUT2D eigenvalue weighted by Crippen LogP contribution is -1.87. The third-order valence-corrected chi connectivity index (χ3v) is 2.08. The largest absolute Gasteiger partial charge is 0.371 e. The van der Waals surface area contributed by atoms with Crippen LogP contribution < -0.4 is 5.32 Å². The lowest BCUT2D eigenvalue weighted by atomic mass is 10.3. The molecule has 2 aromatic rings. The Kier molecular flexibility index (Phi) is 1.73. The average molecular weight is 227 g/mol. The number of nitrogens with one attached hydrogen (secondary N) is 2. The topological polar surface area (TPSA) is 53.6 Å². The van der Waals surface area contributed by atoms with Gasteiger partial charge in [-0.05, 0) is 22.0 Å². The maximum absolute atomic E-state index is 4.07. The number of rotatable bonds is 1.